The number of aromatic nitrogens is 3. The van der Waals surface area contributed by atoms with E-state index in [4.69, 9.17) is 22.3 Å². The summed E-state index contributed by atoms with van der Waals surface area (Å²) in [7, 11) is 0. The summed E-state index contributed by atoms with van der Waals surface area (Å²) >= 11 is 0. The fraction of sp³-hybridized carbons (Fsp3) is 0.222. The number of pyridine rings is 1. The Morgan fingerprint density at radius 1 is 0.517 bits per heavy atom. The molecular formula is C54H53N3O. The SMILES string of the molecule is [2H]C([2H])([2H])C(c1ccc(-c2ccnc(-c3cc(-c4cccc5c4nc(-c4ccccc4O)n5-c4ccc(-c5ccccc5)cc4C(C)(C)C)cc(C(C)(C)C)c3)c2)cc1)(C([2H])([2H])[2H])C([2H])([2H])[2H]. The van der Waals surface area contributed by atoms with E-state index < -0.39 is 26.0 Å². The molecule has 8 rings (SSSR count). The zero-order valence-electron chi connectivity index (χ0n) is 42.7. The maximum Gasteiger partial charge on any atom is 0.149 e. The van der Waals surface area contributed by atoms with Crippen molar-refractivity contribution in [3.05, 3.63) is 168 Å². The normalized spacial score (nSPS) is 15.2. The standard InChI is InChI=1S/C54H53N3O/c1-52(2,3)41-25-22-36(23-26-41)38-28-29-55-46(34-38)40-30-39(31-42(32-40)53(4,5)6)43-19-15-20-48-50(43)56-51(44-18-13-14-21-49(44)58)57(48)47-27-24-37(33-45(47)54(7,8)9)35-16-11-10-12-17-35/h10-34,58H,1-9H3/i1D3,2D3,3D3. The minimum absolute atomic E-state index is 0.114. The van der Waals surface area contributed by atoms with Gasteiger partial charge >= 0.3 is 0 Å². The third kappa shape index (κ3) is 7.47. The van der Waals surface area contributed by atoms with Crippen molar-refractivity contribution in [2.75, 3.05) is 0 Å². The molecule has 0 saturated heterocycles. The lowest BCUT2D eigenvalue weighted by atomic mass is 9.83. The number of fused-ring (bicyclic) bond motifs is 1. The highest BCUT2D eigenvalue weighted by Gasteiger charge is 2.26. The Hall–Kier alpha value is -6.26. The lowest BCUT2D eigenvalue weighted by Crippen LogP contribution is -2.16. The van der Waals surface area contributed by atoms with E-state index in [2.05, 4.69) is 107 Å². The van der Waals surface area contributed by atoms with Crippen molar-refractivity contribution >= 4 is 11.0 Å². The first kappa shape index (κ1) is 29.0. The summed E-state index contributed by atoms with van der Waals surface area (Å²) in [4.78, 5) is 10.2. The maximum absolute atomic E-state index is 11.4. The fourth-order valence-corrected chi connectivity index (χ4v) is 7.61. The van der Waals surface area contributed by atoms with E-state index in [9.17, 15) is 5.11 Å². The molecule has 0 aliphatic rings. The van der Waals surface area contributed by atoms with E-state index in [0.29, 0.717) is 28.2 Å². The summed E-state index contributed by atoms with van der Waals surface area (Å²) in [6, 6.07) is 46.1. The van der Waals surface area contributed by atoms with Crippen molar-refractivity contribution in [2.45, 2.75) is 78.3 Å². The molecule has 0 bridgehead atoms. The summed E-state index contributed by atoms with van der Waals surface area (Å²) in [5, 5.41) is 11.4. The molecule has 0 aliphatic carbocycles. The highest BCUT2D eigenvalue weighted by atomic mass is 16.3. The number of hydrogen-bond acceptors (Lipinski definition) is 3. The average Bonchev–Trinajstić information content (AvgIpc) is 3.64. The highest BCUT2D eigenvalue weighted by molar-refractivity contribution is 5.97. The van der Waals surface area contributed by atoms with Gasteiger partial charge in [0, 0.05) is 29.7 Å². The first-order chi connectivity index (χ1) is 31.3. The summed E-state index contributed by atoms with van der Waals surface area (Å²) < 4.78 is 75.7. The molecule has 4 nitrogen and oxygen atoms in total. The lowest BCUT2D eigenvalue weighted by Gasteiger charge is -2.25. The molecular weight excluding hydrogens is 707 g/mol. The topological polar surface area (TPSA) is 50.9 Å². The van der Waals surface area contributed by atoms with Gasteiger partial charge in [0.1, 0.15) is 11.6 Å². The van der Waals surface area contributed by atoms with Crippen LogP contribution in [0.15, 0.2) is 152 Å². The Balaban J connectivity index is 1.30. The first-order valence-electron chi connectivity index (χ1n) is 24.0. The average molecular weight is 769 g/mol. The second-order valence-electron chi connectivity index (χ2n) is 17.1. The number of phenolic OH excluding ortho intramolecular Hbond substituents is 1. The van der Waals surface area contributed by atoms with Crippen LogP contribution in [0.1, 0.15) is 91.1 Å². The molecule has 58 heavy (non-hydrogen) atoms. The van der Waals surface area contributed by atoms with Crippen LogP contribution in [-0.2, 0) is 16.2 Å². The molecule has 2 aromatic heterocycles. The predicted molar refractivity (Wildman–Crippen MR) is 244 cm³/mol. The minimum Gasteiger partial charge on any atom is -0.507 e. The molecule has 0 atom stereocenters. The molecule has 0 spiro atoms. The molecule has 0 aliphatic heterocycles. The van der Waals surface area contributed by atoms with Crippen molar-refractivity contribution in [2.24, 2.45) is 0 Å². The monoisotopic (exact) mass is 768 g/mol. The molecule has 2 heterocycles. The molecule has 0 radical (unpaired) electrons. The largest absolute Gasteiger partial charge is 0.507 e. The minimum atomic E-state index is -3.36. The van der Waals surface area contributed by atoms with Crippen LogP contribution in [-0.4, -0.2) is 19.6 Å². The van der Waals surface area contributed by atoms with Crippen LogP contribution in [0.3, 0.4) is 0 Å². The van der Waals surface area contributed by atoms with Gasteiger partial charge in [-0.3, -0.25) is 9.55 Å². The molecule has 6 aromatic carbocycles. The number of hydrogen-bond donors (Lipinski definition) is 1. The Labute approximate surface area is 356 Å². The van der Waals surface area contributed by atoms with E-state index in [1.807, 2.05) is 42.5 Å². The third-order valence-electron chi connectivity index (χ3n) is 10.8. The number of para-hydroxylation sites is 2. The second kappa shape index (κ2) is 14.6. The van der Waals surface area contributed by atoms with Crippen molar-refractivity contribution in [1.29, 1.82) is 0 Å². The number of aromatic hydroxyl groups is 1. The van der Waals surface area contributed by atoms with E-state index >= 15 is 0 Å². The van der Waals surface area contributed by atoms with Crippen molar-refractivity contribution in [1.82, 2.24) is 14.5 Å². The van der Waals surface area contributed by atoms with Gasteiger partial charge in [-0.1, -0.05) is 153 Å². The summed E-state index contributed by atoms with van der Waals surface area (Å²) in [5.74, 6) is 0.711. The number of nitrogens with zero attached hydrogens (tertiary/aromatic N) is 3. The Morgan fingerprint density at radius 3 is 1.88 bits per heavy atom. The van der Waals surface area contributed by atoms with E-state index in [1.165, 1.54) is 12.1 Å². The van der Waals surface area contributed by atoms with Gasteiger partial charge in [0.25, 0.3) is 0 Å². The number of imidazole rings is 1. The molecule has 8 aromatic rings. The van der Waals surface area contributed by atoms with E-state index in [0.717, 1.165) is 55.7 Å². The van der Waals surface area contributed by atoms with Gasteiger partial charge in [-0.05, 0) is 115 Å². The number of benzene rings is 6. The lowest BCUT2D eigenvalue weighted by molar-refractivity contribution is 0.477. The smallest absolute Gasteiger partial charge is 0.149 e. The van der Waals surface area contributed by atoms with Crippen LogP contribution in [0.4, 0.5) is 0 Å². The van der Waals surface area contributed by atoms with E-state index in [-0.39, 0.29) is 22.1 Å². The van der Waals surface area contributed by atoms with Gasteiger partial charge in [-0.2, -0.15) is 0 Å². The molecule has 0 saturated carbocycles. The van der Waals surface area contributed by atoms with Crippen molar-refractivity contribution < 1.29 is 17.4 Å². The molecule has 4 heteroatoms. The van der Waals surface area contributed by atoms with Gasteiger partial charge in [0.2, 0.25) is 0 Å². The molecule has 0 unspecified atom stereocenters. The number of phenols is 1. The zero-order chi connectivity index (χ0) is 48.5. The van der Waals surface area contributed by atoms with Gasteiger partial charge in [-0.25, -0.2) is 4.98 Å². The van der Waals surface area contributed by atoms with E-state index in [1.54, 1.807) is 36.5 Å². The van der Waals surface area contributed by atoms with Crippen LogP contribution in [0.25, 0.3) is 72.7 Å². The van der Waals surface area contributed by atoms with Gasteiger partial charge in [0.05, 0.1) is 28.0 Å². The van der Waals surface area contributed by atoms with Crippen LogP contribution in [0.2, 0.25) is 0 Å². The summed E-state index contributed by atoms with van der Waals surface area (Å²) in [6.07, 6.45) is 1.68. The zero-order valence-corrected chi connectivity index (χ0v) is 33.7. The molecule has 0 fully saturated rings. The van der Waals surface area contributed by atoms with Crippen LogP contribution in [0, 0.1) is 0 Å². The van der Waals surface area contributed by atoms with Crippen LogP contribution >= 0.6 is 0 Å². The van der Waals surface area contributed by atoms with Gasteiger partial charge in [0.15, 0.2) is 0 Å². The van der Waals surface area contributed by atoms with Gasteiger partial charge in [-0.15, -0.1) is 0 Å². The van der Waals surface area contributed by atoms with Crippen LogP contribution < -0.4 is 0 Å². The van der Waals surface area contributed by atoms with Crippen LogP contribution in [0.5, 0.6) is 5.75 Å². The van der Waals surface area contributed by atoms with Gasteiger partial charge < -0.3 is 5.11 Å². The summed E-state index contributed by atoms with van der Waals surface area (Å²) in [5.41, 5.74) is 8.15. The number of rotatable bonds is 6. The Bertz CT molecular complexity index is 3080. The third-order valence-corrected chi connectivity index (χ3v) is 10.8. The second-order valence-corrected chi connectivity index (χ2v) is 17.1. The fourth-order valence-electron chi connectivity index (χ4n) is 7.61. The molecule has 1 N–H and O–H groups in total. The summed E-state index contributed by atoms with van der Waals surface area (Å²) in [6.45, 7) is 2.98. The van der Waals surface area contributed by atoms with Crippen molar-refractivity contribution in [3.8, 4) is 67.5 Å². The quantitative estimate of drug-likeness (QED) is 0.183. The predicted octanol–water partition coefficient (Wildman–Crippen LogP) is 14.4. The maximum atomic E-state index is 11.4. The first-order valence-corrected chi connectivity index (χ1v) is 19.5. The highest BCUT2D eigenvalue weighted by Crippen LogP contribution is 2.42. The Kier molecular flexibility index (Phi) is 7.31. The van der Waals surface area contributed by atoms with Crippen molar-refractivity contribution in [3.63, 3.8) is 0 Å². The molecule has 290 valence electrons. The Morgan fingerprint density at radius 2 is 1.17 bits per heavy atom. The molecule has 0 amide bonds.